The van der Waals surface area contributed by atoms with Gasteiger partial charge in [-0.3, -0.25) is 0 Å². The first-order valence-corrected chi connectivity index (χ1v) is 23.5. The molecule has 0 fully saturated rings. The van der Waals surface area contributed by atoms with Crippen molar-refractivity contribution in [3.8, 4) is 22.5 Å². The van der Waals surface area contributed by atoms with Crippen molar-refractivity contribution < 1.29 is 19.0 Å². The van der Waals surface area contributed by atoms with Crippen LogP contribution in [0.1, 0.15) is 34.7 Å². The maximum absolute atomic E-state index is 13.3. The first-order chi connectivity index (χ1) is 32.0. The average molecular weight is 1050 g/mol. The van der Waals surface area contributed by atoms with E-state index in [4.69, 9.17) is 15.0 Å². The summed E-state index contributed by atoms with van der Waals surface area (Å²) in [7, 11) is 3.74. The largest absolute Gasteiger partial charge is 0.385 e. The van der Waals surface area contributed by atoms with E-state index in [1.807, 2.05) is 83.4 Å². The van der Waals surface area contributed by atoms with Gasteiger partial charge in [-0.15, -0.1) is 22.7 Å². The maximum Gasteiger partial charge on any atom is 0.191 e. The molecule has 66 heavy (non-hydrogen) atoms. The second-order valence-corrected chi connectivity index (χ2v) is 18.0. The Kier molecular flexibility index (Phi) is 13.2. The van der Waals surface area contributed by atoms with E-state index in [2.05, 4.69) is 47.0 Å². The summed E-state index contributed by atoms with van der Waals surface area (Å²) < 4.78 is 31.3. The average Bonchev–Trinajstić information content (AvgIpc) is 4.17. The van der Waals surface area contributed by atoms with Gasteiger partial charge in [0.05, 0.1) is 11.4 Å². The minimum Gasteiger partial charge on any atom is -0.385 e. The highest BCUT2D eigenvalue weighted by Gasteiger charge is 2.30. The lowest BCUT2D eigenvalue weighted by molar-refractivity contribution is 0.0153. The first-order valence-electron chi connectivity index (χ1n) is 20.2. The second kappa shape index (κ2) is 19.5. The Hall–Kier alpha value is -6.54. The molecule has 0 saturated carbocycles. The number of rotatable bonds is 11. The molecule has 0 aliphatic heterocycles. The van der Waals surface area contributed by atoms with Crippen LogP contribution in [-0.2, 0) is 0 Å². The van der Waals surface area contributed by atoms with Crippen molar-refractivity contribution in [2.24, 2.45) is 0 Å². The third-order valence-electron chi connectivity index (χ3n) is 10.3. The van der Waals surface area contributed by atoms with Gasteiger partial charge in [0, 0.05) is 36.0 Å². The van der Waals surface area contributed by atoms with Crippen molar-refractivity contribution in [1.82, 2.24) is 39.2 Å². The fraction of sp³-hybridized carbons (Fsp3) is 0.0833. The molecule has 0 aliphatic carbocycles. The van der Waals surface area contributed by atoms with Gasteiger partial charge in [-0.1, -0.05) is 66.7 Å². The normalized spacial score (nSPS) is 12.4. The van der Waals surface area contributed by atoms with Gasteiger partial charge in [-0.05, 0) is 122 Å². The van der Waals surface area contributed by atoms with E-state index in [-0.39, 0.29) is 17.3 Å². The summed E-state index contributed by atoms with van der Waals surface area (Å²) in [5.41, 5.74) is 7.09. The van der Waals surface area contributed by atoms with E-state index >= 15 is 0 Å². The Balaban J connectivity index is 0.000000166. The van der Waals surface area contributed by atoms with Gasteiger partial charge < -0.3 is 20.0 Å². The van der Waals surface area contributed by atoms with Crippen LogP contribution in [0, 0.1) is 11.6 Å². The predicted octanol–water partition coefficient (Wildman–Crippen LogP) is 12.0. The smallest absolute Gasteiger partial charge is 0.191 e. The molecule has 0 saturated heterocycles. The summed E-state index contributed by atoms with van der Waals surface area (Å²) in [5, 5.41) is 36.4. The zero-order chi connectivity index (χ0) is 45.9. The van der Waals surface area contributed by atoms with E-state index in [0.717, 1.165) is 44.7 Å². The van der Waals surface area contributed by atoms with Crippen molar-refractivity contribution >= 4 is 99.9 Å². The molecule has 6 heterocycles. The maximum atomic E-state index is 13.3. The van der Waals surface area contributed by atoms with Gasteiger partial charge in [0.25, 0.3) is 0 Å². The van der Waals surface area contributed by atoms with E-state index in [1.54, 1.807) is 81.6 Å². The molecule has 18 heteroatoms. The molecule has 0 radical (unpaired) electrons. The molecule has 0 bridgehead atoms. The molecule has 12 nitrogen and oxygen atoms in total. The number of benzene rings is 4. The van der Waals surface area contributed by atoms with E-state index in [1.165, 1.54) is 46.9 Å². The molecule has 2 unspecified atom stereocenters. The van der Waals surface area contributed by atoms with Crippen LogP contribution in [0.3, 0.4) is 0 Å². The molecule has 0 aliphatic rings. The highest BCUT2D eigenvalue weighted by molar-refractivity contribution is 9.10. The van der Waals surface area contributed by atoms with E-state index < -0.39 is 12.2 Å². The Labute approximate surface area is 401 Å². The number of imidazole rings is 2. The predicted molar refractivity (Wildman–Crippen MR) is 264 cm³/mol. The lowest BCUT2D eigenvalue weighted by Gasteiger charge is -2.21. The number of aliphatic hydroxyl groups excluding tert-OH is 2. The van der Waals surface area contributed by atoms with Crippen LogP contribution in [0.2, 0.25) is 0 Å². The van der Waals surface area contributed by atoms with Gasteiger partial charge in [0.1, 0.15) is 44.4 Å². The summed E-state index contributed by atoms with van der Waals surface area (Å²) in [4.78, 5) is 22.6. The van der Waals surface area contributed by atoms with Crippen LogP contribution in [0.25, 0.3) is 46.0 Å². The Morgan fingerprint density at radius 2 is 1.05 bits per heavy atom. The number of hydrogen-bond donors (Lipinski definition) is 2. The molecule has 6 aromatic heterocycles. The number of nitrogens with zero attached hydrogens (tertiary/aromatic N) is 10. The van der Waals surface area contributed by atoms with Gasteiger partial charge in [-0.25, -0.2) is 28.7 Å². The lowest BCUT2D eigenvalue weighted by Crippen LogP contribution is -2.18. The monoisotopic (exact) mass is 1040 g/mol. The molecule has 2 N–H and O–H groups in total. The number of anilines is 4. The van der Waals surface area contributed by atoms with Gasteiger partial charge >= 0.3 is 0 Å². The SMILES string of the molecule is CN(c1nc(-c2ccc(F)cc2)cs1)c1c(/C=C/c2ccccc2)nc2ccc(Br)nn12.CN(c1nc(-c2ccc(F)cc2)cs1)c1c(C(O)C(O)c2ccccc2)nc2ccc(Br)nn12. The molecule has 2 atom stereocenters. The molecule has 330 valence electrons. The van der Waals surface area contributed by atoms with Gasteiger partial charge in [0.15, 0.2) is 33.2 Å². The number of fused-ring (bicyclic) bond motifs is 2. The highest BCUT2D eigenvalue weighted by Crippen LogP contribution is 2.39. The van der Waals surface area contributed by atoms with Crippen molar-refractivity contribution in [3.63, 3.8) is 0 Å². The first kappa shape index (κ1) is 44.7. The fourth-order valence-electron chi connectivity index (χ4n) is 7.02. The number of aromatic nitrogens is 8. The van der Waals surface area contributed by atoms with Crippen LogP contribution in [-0.4, -0.2) is 63.5 Å². The lowest BCUT2D eigenvalue weighted by atomic mass is 10.0. The van der Waals surface area contributed by atoms with Crippen LogP contribution in [0.4, 0.5) is 30.7 Å². The summed E-state index contributed by atoms with van der Waals surface area (Å²) in [5.74, 6) is 0.695. The minimum atomic E-state index is -1.31. The van der Waals surface area contributed by atoms with E-state index in [9.17, 15) is 19.0 Å². The molecule has 4 aromatic carbocycles. The van der Waals surface area contributed by atoms with Crippen molar-refractivity contribution in [3.05, 3.63) is 188 Å². The summed E-state index contributed by atoms with van der Waals surface area (Å²) in [6.07, 6.45) is 1.52. The Morgan fingerprint density at radius 3 is 1.59 bits per heavy atom. The summed E-state index contributed by atoms with van der Waals surface area (Å²) in [6.45, 7) is 0. The third-order valence-corrected chi connectivity index (χ3v) is 13.0. The molecular formula is C48H36Br2F2N10O2S2. The standard InChI is InChI=1S/C24H19BrFN5O2S.C24H17BrFN5S/c1-30(24-27-17(13-34-24)14-7-9-16(26)10-8-14)23-20(28-19-12-11-18(25)29-31(19)23)22(33)21(32)15-5-3-2-4-6-15;1-30(24-28-20(15-32-24)17-8-10-18(26)11-9-17)23-19(12-7-16-5-3-2-4-6-16)27-22-14-13-21(25)29-31(22)23/h2-13,21-22,32-33H,1H3;2-15H,1H3/b;12-7+. The van der Waals surface area contributed by atoms with Crippen LogP contribution < -0.4 is 9.80 Å². The highest BCUT2D eigenvalue weighted by atomic mass is 79.9. The van der Waals surface area contributed by atoms with Crippen molar-refractivity contribution in [1.29, 1.82) is 0 Å². The quantitative estimate of drug-likeness (QED) is 0.129. The zero-order valence-corrected chi connectivity index (χ0v) is 39.7. The Bertz CT molecular complexity index is 3290. The second-order valence-electron chi connectivity index (χ2n) is 14.7. The van der Waals surface area contributed by atoms with E-state index in [0.29, 0.717) is 37.1 Å². The minimum absolute atomic E-state index is 0.265. The van der Waals surface area contributed by atoms with Crippen LogP contribution >= 0.6 is 54.5 Å². The molecule has 10 aromatic rings. The molecule has 0 amide bonds. The fourth-order valence-corrected chi connectivity index (χ4v) is 9.20. The molecule has 0 spiro atoms. The third kappa shape index (κ3) is 9.55. The molecular weight excluding hydrogens is 1010 g/mol. The van der Waals surface area contributed by atoms with Crippen LogP contribution in [0.5, 0.6) is 0 Å². The topological polar surface area (TPSA) is 133 Å². The van der Waals surface area contributed by atoms with Gasteiger partial charge in [0.2, 0.25) is 0 Å². The number of hydrogen-bond acceptors (Lipinski definition) is 12. The summed E-state index contributed by atoms with van der Waals surface area (Å²) in [6, 6.07) is 38.8. The van der Waals surface area contributed by atoms with Crippen molar-refractivity contribution in [2.45, 2.75) is 12.2 Å². The number of halogens is 4. The number of thiazole rings is 2. The number of aliphatic hydroxyl groups is 2. The van der Waals surface area contributed by atoms with Gasteiger partial charge in [-0.2, -0.15) is 19.2 Å². The Morgan fingerprint density at radius 1 is 0.561 bits per heavy atom. The van der Waals surface area contributed by atoms with Crippen LogP contribution in [0.15, 0.2) is 153 Å². The van der Waals surface area contributed by atoms with Crippen molar-refractivity contribution in [2.75, 3.05) is 23.9 Å². The zero-order valence-electron chi connectivity index (χ0n) is 34.9. The summed E-state index contributed by atoms with van der Waals surface area (Å²) >= 11 is 9.74. The molecule has 10 rings (SSSR count).